The minimum atomic E-state index is -0.477. The van der Waals surface area contributed by atoms with Gasteiger partial charge in [0, 0.05) is 36.3 Å². The number of fused-ring (bicyclic) bond motifs is 3. The van der Waals surface area contributed by atoms with Crippen molar-refractivity contribution < 1.29 is 9.53 Å². The third-order valence-corrected chi connectivity index (χ3v) is 4.50. The van der Waals surface area contributed by atoms with Crippen molar-refractivity contribution in [1.29, 1.82) is 0 Å². The molecule has 0 aliphatic carbocycles. The quantitative estimate of drug-likeness (QED) is 0.716. The predicted molar refractivity (Wildman–Crippen MR) is 102 cm³/mol. The summed E-state index contributed by atoms with van der Waals surface area (Å²) in [5, 5.41) is 2.18. The van der Waals surface area contributed by atoms with Crippen molar-refractivity contribution in [2.24, 2.45) is 0 Å². The van der Waals surface area contributed by atoms with Crippen LogP contribution in [0.4, 0.5) is 4.79 Å². The molecule has 4 heterocycles. The van der Waals surface area contributed by atoms with Crippen LogP contribution in [0.1, 0.15) is 32.8 Å². The van der Waals surface area contributed by atoms with E-state index in [0.717, 1.165) is 33.9 Å². The average molecular weight is 350 g/mol. The minimum absolute atomic E-state index is 0.260. The maximum atomic E-state index is 12.3. The Morgan fingerprint density at radius 2 is 2.12 bits per heavy atom. The van der Waals surface area contributed by atoms with Crippen LogP contribution in [0, 0.1) is 0 Å². The van der Waals surface area contributed by atoms with Gasteiger partial charge in [-0.15, -0.1) is 0 Å². The molecule has 3 aromatic rings. The largest absolute Gasteiger partial charge is 0.444 e. The summed E-state index contributed by atoms with van der Waals surface area (Å²) in [4.78, 5) is 26.0. The molecule has 134 valence electrons. The molecule has 4 rings (SSSR count). The molecular weight excluding hydrogens is 328 g/mol. The van der Waals surface area contributed by atoms with Crippen molar-refractivity contribution >= 4 is 33.6 Å². The first kappa shape index (κ1) is 16.6. The highest BCUT2D eigenvalue weighted by molar-refractivity contribution is 6.08. The van der Waals surface area contributed by atoms with E-state index in [2.05, 4.69) is 21.0 Å². The zero-order valence-corrected chi connectivity index (χ0v) is 15.2. The maximum absolute atomic E-state index is 12.3. The van der Waals surface area contributed by atoms with Crippen molar-refractivity contribution in [3.63, 3.8) is 0 Å². The van der Waals surface area contributed by atoms with E-state index in [1.807, 2.05) is 45.3 Å². The Morgan fingerprint density at radius 3 is 2.85 bits per heavy atom. The van der Waals surface area contributed by atoms with E-state index in [0.29, 0.717) is 13.1 Å². The van der Waals surface area contributed by atoms with Crippen LogP contribution in [-0.2, 0) is 4.74 Å². The first-order valence-electron chi connectivity index (χ1n) is 8.80. The summed E-state index contributed by atoms with van der Waals surface area (Å²) in [5.41, 5.74) is 3.65. The summed E-state index contributed by atoms with van der Waals surface area (Å²) in [5.74, 6) is 0. The summed E-state index contributed by atoms with van der Waals surface area (Å²) in [6, 6.07) is 4.08. The number of carbonyl (C=O) groups excluding carboxylic acids is 1. The van der Waals surface area contributed by atoms with Gasteiger partial charge in [0.15, 0.2) is 0 Å². The van der Waals surface area contributed by atoms with Crippen molar-refractivity contribution in [1.82, 2.24) is 19.9 Å². The zero-order valence-electron chi connectivity index (χ0n) is 15.2. The average Bonchev–Trinajstić information content (AvgIpc) is 3.09. The molecule has 0 radical (unpaired) electrons. The molecule has 0 saturated carbocycles. The monoisotopic (exact) mass is 350 g/mol. The van der Waals surface area contributed by atoms with Gasteiger partial charge < -0.3 is 14.6 Å². The van der Waals surface area contributed by atoms with E-state index in [9.17, 15) is 4.79 Å². The molecular formula is C20H22N4O2. The van der Waals surface area contributed by atoms with Gasteiger partial charge in [-0.05, 0) is 50.5 Å². The Bertz CT molecular complexity index is 1010. The Hall–Kier alpha value is -2.89. The second-order valence-electron chi connectivity index (χ2n) is 7.52. The summed E-state index contributed by atoms with van der Waals surface area (Å²) >= 11 is 0. The van der Waals surface area contributed by atoms with Gasteiger partial charge in [0.25, 0.3) is 0 Å². The minimum Gasteiger partial charge on any atom is -0.444 e. The van der Waals surface area contributed by atoms with Crippen LogP contribution in [0.3, 0.4) is 0 Å². The Balaban J connectivity index is 1.67. The van der Waals surface area contributed by atoms with Crippen molar-refractivity contribution in [2.75, 3.05) is 13.1 Å². The lowest BCUT2D eigenvalue weighted by atomic mass is 9.95. The molecule has 0 saturated heterocycles. The molecule has 0 spiro atoms. The van der Waals surface area contributed by atoms with E-state index in [1.165, 1.54) is 5.57 Å². The number of carbonyl (C=O) groups is 1. The van der Waals surface area contributed by atoms with E-state index < -0.39 is 5.60 Å². The second kappa shape index (κ2) is 6.12. The smallest absolute Gasteiger partial charge is 0.410 e. The number of nitrogens with zero attached hydrogens (tertiary/aromatic N) is 3. The molecule has 26 heavy (non-hydrogen) atoms. The number of ether oxygens (including phenoxy) is 1. The van der Waals surface area contributed by atoms with Crippen LogP contribution in [0.25, 0.3) is 27.5 Å². The molecule has 1 aliphatic rings. The number of pyridine rings is 2. The van der Waals surface area contributed by atoms with Gasteiger partial charge in [-0.3, -0.25) is 4.98 Å². The SMILES string of the molecule is CC(C)(C)OC(=O)N1CC=C(c2ccnc3cnc4[nH]ccc4c23)CC1. The fourth-order valence-electron chi connectivity index (χ4n) is 3.33. The lowest BCUT2D eigenvalue weighted by molar-refractivity contribution is 0.0270. The van der Waals surface area contributed by atoms with Gasteiger partial charge in [-0.1, -0.05) is 6.08 Å². The molecule has 6 nitrogen and oxygen atoms in total. The summed E-state index contributed by atoms with van der Waals surface area (Å²) in [6.07, 6.45) is 8.15. The van der Waals surface area contributed by atoms with Crippen LogP contribution in [0.5, 0.6) is 0 Å². The van der Waals surface area contributed by atoms with Crippen LogP contribution >= 0.6 is 0 Å². The number of nitrogens with one attached hydrogen (secondary N) is 1. The highest BCUT2D eigenvalue weighted by atomic mass is 16.6. The Labute approximate surface area is 151 Å². The van der Waals surface area contributed by atoms with Crippen LogP contribution in [0.15, 0.2) is 36.8 Å². The molecule has 1 aliphatic heterocycles. The highest BCUT2D eigenvalue weighted by Gasteiger charge is 2.24. The van der Waals surface area contributed by atoms with Gasteiger partial charge in [0.1, 0.15) is 11.2 Å². The van der Waals surface area contributed by atoms with Crippen LogP contribution < -0.4 is 0 Å². The van der Waals surface area contributed by atoms with Crippen LogP contribution in [-0.4, -0.2) is 44.6 Å². The van der Waals surface area contributed by atoms with E-state index >= 15 is 0 Å². The maximum Gasteiger partial charge on any atom is 0.410 e. The van der Waals surface area contributed by atoms with E-state index in [-0.39, 0.29) is 6.09 Å². The van der Waals surface area contributed by atoms with E-state index in [4.69, 9.17) is 4.74 Å². The molecule has 0 atom stereocenters. The van der Waals surface area contributed by atoms with Gasteiger partial charge in [0.05, 0.1) is 11.7 Å². The Kier molecular flexibility index (Phi) is 3.90. The molecule has 1 N–H and O–H groups in total. The number of rotatable bonds is 1. The number of aromatic amines is 1. The molecule has 1 amide bonds. The summed E-state index contributed by atoms with van der Waals surface area (Å²) in [6.45, 7) is 6.85. The van der Waals surface area contributed by atoms with Crippen molar-refractivity contribution in [3.8, 4) is 0 Å². The third kappa shape index (κ3) is 3.03. The van der Waals surface area contributed by atoms with Crippen molar-refractivity contribution in [2.45, 2.75) is 32.8 Å². The first-order chi connectivity index (χ1) is 12.4. The topological polar surface area (TPSA) is 71.1 Å². The predicted octanol–water partition coefficient (Wildman–Crippen LogP) is 4.14. The Morgan fingerprint density at radius 1 is 1.27 bits per heavy atom. The van der Waals surface area contributed by atoms with Crippen molar-refractivity contribution in [3.05, 3.63) is 42.4 Å². The van der Waals surface area contributed by atoms with Gasteiger partial charge in [0.2, 0.25) is 0 Å². The first-order valence-corrected chi connectivity index (χ1v) is 8.80. The van der Waals surface area contributed by atoms with E-state index in [1.54, 1.807) is 11.1 Å². The van der Waals surface area contributed by atoms with Gasteiger partial charge >= 0.3 is 6.09 Å². The second-order valence-corrected chi connectivity index (χ2v) is 7.52. The van der Waals surface area contributed by atoms with Crippen LogP contribution in [0.2, 0.25) is 0 Å². The third-order valence-electron chi connectivity index (χ3n) is 4.50. The number of amides is 1. The van der Waals surface area contributed by atoms with Gasteiger partial charge in [-0.25, -0.2) is 9.78 Å². The summed E-state index contributed by atoms with van der Waals surface area (Å²) < 4.78 is 5.47. The standard InChI is InChI=1S/C20H22N4O2/c1-20(2,3)26-19(25)24-10-6-13(7-11-24)14-4-8-21-16-12-23-18-15(17(14)16)5-9-22-18/h4-6,8-9,12H,7,10-11H2,1-3H3,(H,22,23). The fraction of sp³-hybridized carbons (Fsp3) is 0.350. The molecule has 0 fully saturated rings. The normalized spacial score (nSPS) is 15.3. The fourth-order valence-corrected chi connectivity index (χ4v) is 3.33. The number of hydrogen-bond acceptors (Lipinski definition) is 4. The number of aromatic nitrogens is 3. The lowest BCUT2D eigenvalue weighted by Gasteiger charge is -2.29. The number of hydrogen-bond donors (Lipinski definition) is 1. The molecule has 6 heteroatoms. The zero-order chi connectivity index (χ0) is 18.3. The molecule has 0 unspecified atom stereocenters. The molecule has 0 aromatic carbocycles. The van der Waals surface area contributed by atoms with Gasteiger partial charge in [-0.2, -0.15) is 0 Å². The lowest BCUT2D eigenvalue weighted by Crippen LogP contribution is -2.39. The number of H-pyrrole nitrogens is 1. The molecule has 0 bridgehead atoms. The summed E-state index contributed by atoms with van der Waals surface area (Å²) in [7, 11) is 0. The molecule has 3 aromatic heterocycles. The highest BCUT2D eigenvalue weighted by Crippen LogP contribution is 2.32.